The van der Waals surface area contributed by atoms with Crippen molar-refractivity contribution in [2.24, 2.45) is 0 Å². The van der Waals surface area contributed by atoms with Gasteiger partial charge in [-0.2, -0.15) is 0 Å². The fourth-order valence-corrected chi connectivity index (χ4v) is 2.57. The molecule has 0 aliphatic carbocycles. The number of hydrogen-bond donors (Lipinski definition) is 1. The Bertz CT molecular complexity index is 715. The van der Waals surface area contributed by atoms with Crippen molar-refractivity contribution in [2.75, 3.05) is 20.8 Å². The third-order valence-electron chi connectivity index (χ3n) is 4.00. The number of benzene rings is 2. The van der Waals surface area contributed by atoms with Crippen molar-refractivity contribution in [3.8, 4) is 11.5 Å². The van der Waals surface area contributed by atoms with Crippen LogP contribution in [0.25, 0.3) is 0 Å². The summed E-state index contributed by atoms with van der Waals surface area (Å²) in [6, 6.07) is 13.1. The number of carbonyl (C=O) groups is 1. The summed E-state index contributed by atoms with van der Waals surface area (Å²) in [5, 5.41) is 2.95. The monoisotopic (exact) mass is 357 g/mol. The summed E-state index contributed by atoms with van der Waals surface area (Å²) >= 11 is 0. The number of ether oxygens (including phenoxy) is 3. The Morgan fingerprint density at radius 3 is 2.62 bits per heavy atom. The highest BCUT2D eigenvalue weighted by Gasteiger charge is 2.11. The largest absolute Gasteiger partial charge is 0.493 e. The number of rotatable bonds is 10. The Labute approximate surface area is 155 Å². The van der Waals surface area contributed by atoms with Gasteiger partial charge in [-0.25, -0.2) is 0 Å². The third kappa shape index (κ3) is 5.49. The van der Waals surface area contributed by atoms with E-state index in [1.54, 1.807) is 20.3 Å². The Hall–Kier alpha value is -2.53. The first kappa shape index (κ1) is 19.8. The Morgan fingerprint density at radius 1 is 1.08 bits per heavy atom. The van der Waals surface area contributed by atoms with E-state index in [0.29, 0.717) is 31.1 Å². The predicted octanol–water partition coefficient (Wildman–Crippen LogP) is 3.95. The molecule has 0 fully saturated rings. The lowest BCUT2D eigenvalue weighted by Gasteiger charge is -2.13. The molecule has 2 aromatic rings. The number of hydrogen-bond acceptors (Lipinski definition) is 4. The quantitative estimate of drug-likeness (QED) is 0.654. The number of amides is 1. The van der Waals surface area contributed by atoms with E-state index in [1.165, 1.54) is 0 Å². The highest BCUT2D eigenvalue weighted by molar-refractivity contribution is 5.95. The number of carbonyl (C=O) groups excluding carboxylic acids is 1. The molecule has 0 heterocycles. The fraction of sp³-hybridized carbons (Fsp3) is 0.381. The maximum absolute atomic E-state index is 12.5. The molecule has 0 unspecified atom stereocenters. The smallest absolute Gasteiger partial charge is 0.251 e. The van der Waals surface area contributed by atoms with Crippen LogP contribution in [-0.2, 0) is 17.9 Å². The van der Waals surface area contributed by atoms with E-state index in [0.717, 1.165) is 29.7 Å². The van der Waals surface area contributed by atoms with Crippen LogP contribution < -0.4 is 14.8 Å². The second kappa shape index (κ2) is 10.5. The molecule has 5 nitrogen and oxygen atoms in total. The minimum absolute atomic E-state index is 0.125. The topological polar surface area (TPSA) is 56.8 Å². The van der Waals surface area contributed by atoms with Crippen LogP contribution in [-0.4, -0.2) is 26.7 Å². The van der Waals surface area contributed by atoms with Gasteiger partial charge in [0.05, 0.1) is 20.3 Å². The predicted molar refractivity (Wildman–Crippen MR) is 102 cm³/mol. The SMILES string of the molecule is CCCCOc1ccc(CNC(=O)c2ccccc2COC)cc1OC. The van der Waals surface area contributed by atoms with Crippen molar-refractivity contribution in [1.82, 2.24) is 5.32 Å². The molecule has 0 aliphatic rings. The van der Waals surface area contributed by atoms with Crippen molar-refractivity contribution in [3.05, 3.63) is 59.2 Å². The maximum Gasteiger partial charge on any atom is 0.251 e. The fourth-order valence-electron chi connectivity index (χ4n) is 2.57. The summed E-state index contributed by atoms with van der Waals surface area (Å²) in [5.74, 6) is 1.27. The molecule has 1 amide bonds. The van der Waals surface area contributed by atoms with E-state index in [2.05, 4.69) is 12.2 Å². The average Bonchev–Trinajstić information content (AvgIpc) is 2.67. The van der Waals surface area contributed by atoms with Crippen LogP contribution in [0.1, 0.15) is 41.3 Å². The molecule has 26 heavy (non-hydrogen) atoms. The molecule has 0 radical (unpaired) electrons. The van der Waals surface area contributed by atoms with E-state index in [9.17, 15) is 4.79 Å². The minimum atomic E-state index is -0.125. The molecule has 0 spiro atoms. The normalized spacial score (nSPS) is 10.4. The van der Waals surface area contributed by atoms with Gasteiger partial charge in [0.25, 0.3) is 5.91 Å². The summed E-state index contributed by atoms with van der Waals surface area (Å²) < 4.78 is 16.3. The van der Waals surface area contributed by atoms with Crippen molar-refractivity contribution < 1.29 is 19.0 Å². The first-order valence-corrected chi connectivity index (χ1v) is 8.84. The molecular weight excluding hydrogens is 330 g/mol. The molecule has 0 saturated carbocycles. The standard InChI is InChI=1S/C21H27NO4/c1-4-5-12-26-19-11-10-16(13-20(19)25-3)14-22-21(23)18-9-7-6-8-17(18)15-24-2/h6-11,13H,4-5,12,14-15H2,1-3H3,(H,22,23). The summed E-state index contributed by atoms with van der Waals surface area (Å²) in [6.45, 7) is 3.60. The summed E-state index contributed by atoms with van der Waals surface area (Å²) in [6.07, 6.45) is 2.08. The molecule has 0 saturated heterocycles. The van der Waals surface area contributed by atoms with Crippen LogP contribution in [0.4, 0.5) is 0 Å². The van der Waals surface area contributed by atoms with E-state index in [1.807, 2.05) is 36.4 Å². The summed E-state index contributed by atoms with van der Waals surface area (Å²) in [7, 11) is 3.23. The zero-order valence-corrected chi connectivity index (χ0v) is 15.7. The Balaban J connectivity index is 2.01. The lowest BCUT2D eigenvalue weighted by atomic mass is 10.1. The molecule has 5 heteroatoms. The van der Waals surface area contributed by atoms with Gasteiger partial charge in [-0.3, -0.25) is 4.79 Å². The minimum Gasteiger partial charge on any atom is -0.493 e. The van der Waals surface area contributed by atoms with Crippen LogP contribution in [0.2, 0.25) is 0 Å². The van der Waals surface area contributed by atoms with E-state index >= 15 is 0 Å². The van der Waals surface area contributed by atoms with Crippen LogP contribution in [0.15, 0.2) is 42.5 Å². The van der Waals surface area contributed by atoms with Gasteiger partial charge in [0.2, 0.25) is 0 Å². The van der Waals surface area contributed by atoms with Gasteiger partial charge >= 0.3 is 0 Å². The zero-order chi connectivity index (χ0) is 18.8. The number of nitrogens with one attached hydrogen (secondary N) is 1. The molecule has 0 bridgehead atoms. The molecule has 0 atom stereocenters. The van der Waals surface area contributed by atoms with Crippen LogP contribution in [0.3, 0.4) is 0 Å². The Morgan fingerprint density at radius 2 is 1.88 bits per heavy atom. The first-order valence-electron chi connectivity index (χ1n) is 8.84. The van der Waals surface area contributed by atoms with Crippen molar-refractivity contribution in [3.63, 3.8) is 0 Å². The number of methoxy groups -OCH3 is 2. The molecule has 0 aromatic heterocycles. The zero-order valence-electron chi connectivity index (χ0n) is 15.7. The molecule has 140 valence electrons. The second-order valence-corrected chi connectivity index (χ2v) is 5.96. The van der Waals surface area contributed by atoms with Crippen molar-refractivity contribution in [2.45, 2.75) is 32.9 Å². The average molecular weight is 357 g/mol. The maximum atomic E-state index is 12.5. The summed E-state index contributed by atoms with van der Waals surface area (Å²) in [5.41, 5.74) is 2.44. The molecule has 2 rings (SSSR count). The van der Waals surface area contributed by atoms with Gasteiger partial charge in [0.15, 0.2) is 11.5 Å². The molecule has 0 aliphatic heterocycles. The van der Waals surface area contributed by atoms with Gasteiger partial charge in [-0.15, -0.1) is 0 Å². The molecule has 1 N–H and O–H groups in total. The van der Waals surface area contributed by atoms with Crippen molar-refractivity contribution in [1.29, 1.82) is 0 Å². The lowest BCUT2D eigenvalue weighted by molar-refractivity contribution is 0.0946. The van der Waals surface area contributed by atoms with Crippen LogP contribution in [0, 0.1) is 0 Å². The molecular formula is C21H27NO4. The van der Waals surface area contributed by atoms with Gasteiger partial charge in [0.1, 0.15) is 0 Å². The summed E-state index contributed by atoms with van der Waals surface area (Å²) in [4.78, 5) is 12.5. The van der Waals surface area contributed by atoms with Crippen LogP contribution >= 0.6 is 0 Å². The van der Waals surface area contributed by atoms with E-state index < -0.39 is 0 Å². The van der Waals surface area contributed by atoms with Gasteiger partial charge in [-0.1, -0.05) is 37.6 Å². The van der Waals surface area contributed by atoms with E-state index in [4.69, 9.17) is 14.2 Å². The second-order valence-electron chi connectivity index (χ2n) is 5.96. The van der Waals surface area contributed by atoms with Gasteiger partial charge < -0.3 is 19.5 Å². The first-order chi connectivity index (χ1) is 12.7. The number of unbranched alkanes of at least 4 members (excludes halogenated alkanes) is 1. The van der Waals surface area contributed by atoms with E-state index in [-0.39, 0.29) is 5.91 Å². The van der Waals surface area contributed by atoms with Crippen LogP contribution in [0.5, 0.6) is 11.5 Å². The highest BCUT2D eigenvalue weighted by atomic mass is 16.5. The van der Waals surface area contributed by atoms with Gasteiger partial charge in [-0.05, 0) is 35.7 Å². The third-order valence-corrected chi connectivity index (χ3v) is 4.00. The van der Waals surface area contributed by atoms with Gasteiger partial charge in [0, 0.05) is 19.2 Å². The molecule has 2 aromatic carbocycles. The lowest BCUT2D eigenvalue weighted by Crippen LogP contribution is -2.24. The van der Waals surface area contributed by atoms with Crippen molar-refractivity contribution >= 4 is 5.91 Å². The highest BCUT2D eigenvalue weighted by Crippen LogP contribution is 2.28. The Kier molecular flexibility index (Phi) is 7.96.